The van der Waals surface area contributed by atoms with Crippen molar-refractivity contribution in [2.75, 3.05) is 12.4 Å². The van der Waals surface area contributed by atoms with E-state index in [2.05, 4.69) is 16.8 Å². The Morgan fingerprint density at radius 3 is 3.05 bits per heavy atom. The summed E-state index contributed by atoms with van der Waals surface area (Å²) in [5.74, 6) is 0.294. The van der Waals surface area contributed by atoms with Crippen LogP contribution < -0.4 is 15.8 Å². The number of carbonyl (C=O) groups excluding carboxylic acids is 1. The van der Waals surface area contributed by atoms with Gasteiger partial charge < -0.3 is 15.8 Å². The summed E-state index contributed by atoms with van der Waals surface area (Å²) in [6, 6.07) is 7.67. The van der Waals surface area contributed by atoms with E-state index >= 15 is 0 Å². The van der Waals surface area contributed by atoms with E-state index in [1.807, 2.05) is 11.3 Å². The lowest BCUT2D eigenvalue weighted by Crippen LogP contribution is -2.17. The number of ether oxygens (including phenoxy) is 1. The number of hydrogen-bond donors (Lipinski definition) is 2. The number of nitrogens with two attached hydrogens (primary N) is 1. The van der Waals surface area contributed by atoms with Gasteiger partial charge in [0.05, 0.1) is 18.8 Å². The number of carbonyl (C=O) groups is 1. The number of hydrogen-bond acceptors (Lipinski definition) is 4. The molecule has 1 heterocycles. The molecule has 0 saturated carbocycles. The van der Waals surface area contributed by atoms with Crippen LogP contribution in [-0.2, 0) is 6.42 Å². The van der Waals surface area contributed by atoms with Gasteiger partial charge in [-0.1, -0.05) is 0 Å². The lowest BCUT2D eigenvalue weighted by Gasteiger charge is -2.25. The van der Waals surface area contributed by atoms with Gasteiger partial charge in [0.1, 0.15) is 5.75 Å². The average molecular weight is 302 g/mol. The maximum atomic E-state index is 11.4. The summed E-state index contributed by atoms with van der Waals surface area (Å²) in [6.45, 7) is 0. The number of aryl methyl sites for hydroxylation is 1. The van der Waals surface area contributed by atoms with Crippen molar-refractivity contribution in [1.82, 2.24) is 0 Å². The molecule has 3 rings (SSSR count). The number of primary amides is 1. The molecule has 1 aliphatic rings. The minimum Gasteiger partial charge on any atom is -0.495 e. The molecule has 0 fully saturated rings. The summed E-state index contributed by atoms with van der Waals surface area (Å²) >= 11 is 1.81. The summed E-state index contributed by atoms with van der Waals surface area (Å²) in [6.07, 6.45) is 3.40. The third-order valence-corrected chi connectivity index (χ3v) is 4.86. The van der Waals surface area contributed by atoms with E-state index in [4.69, 9.17) is 10.5 Å². The minimum atomic E-state index is -0.430. The summed E-state index contributed by atoms with van der Waals surface area (Å²) in [4.78, 5) is 12.8. The molecule has 3 N–H and O–H groups in total. The fourth-order valence-corrected chi connectivity index (χ4v) is 3.79. The van der Waals surface area contributed by atoms with E-state index in [0.29, 0.717) is 5.56 Å². The van der Waals surface area contributed by atoms with E-state index in [9.17, 15) is 4.79 Å². The Morgan fingerprint density at radius 1 is 1.43 bits per heavy atom. The molecule has 0 saturated heterocycles. The van der Waals surface area contributed by atoms with Crippen LogP contribution in [0.1, 0.15) is 39.7 Å². The normalized spacial score (nSPS) is 17.1. The van der Waals surface area contributed by atoms with Crippen molar-refractivity contribution in [3.8, 4) is 5.75 Å². The maximum absolute atomic E-state index is 11.4. The van der Waals surface area contributed by atoms with Gasteiger partial charge in [0.25, 0.3) is 0 Å². The van der Waals surface area contributed by atoms with Gasteiger partial charge in [0, 0.05) is 10.4 Å². The zero-order valence-electron chi connectivity index (χ0n) is 11.9. The Kier molecular flexibility index (Phi) is 3.84. The fourth-order valence-electron chi connectivity index (χ4n) is 2.80. The molecule has 0 aliphatic heterocycles. The third-order valence-electron chi connectivity index (χ3n) is 3.87. The molecule has 5 heteroatoms. The van der Waals surface area contributed by atoms with Crippen LogP contribution in [-0.4, -0.2) is 13.0 Å². The highest BCUT2D eigenvalue weighted by Gasteiger charge is 2.22. The topological polar surface area (TPSA) is 64.3 Å². The molecule has 1 atom stereocenters. The third kappa shape index (κ3) is 2.74. The lowest BCUT2D eigenvalue weighted by atomic mass is 9.93. The predicted molar refractivity (Wildman–Crippen MR) is 85.1 cm³/mol. The van der Waals surface area contributed by atoms with Crippen LogP contribution in [0.25, 0.3) is 0 Å². The van der Waals surface area contributed by atoms with Crippen molar-refractivity contribution < 1.29 is 9.53 Å². The van der Waals surface area contributed by atoms with Crippen molar-refractivity contribution >= 4 is 22.9 Å². The first-order valence-corrected chi connectivity index (χ1v) is 7.87. The number of thiophene rings is 1. The number of fused-ring (bicyclic) bond motifs is 1. The van der Waals surface area contributed by atoms with Crippen molar-refractivity contribution in [3.05, 3.63) is 45.6 Å². The van der Waals surface area contributed by atoms with Gasteiger partial charge in [-0.3, -0.25) is 4.79 Å². The van der Waals surface area contributed by atoms with Crippen LogP contribution >= 0.6 is 11.3 Å². The van der Waals surface area contributed by atoms with Gasteiger partial charge in [-0.05, 0) is 54.5 Å². The zero-order chi connectivity index (χ0) is 14.8. The van der Waals surface area contributed by atoms with E-state index in [1.54, 1.807) is 25.3 Å². The molecule has 110 valence electrons. The first-order valence-electron chi connectivity index (χ1n) is 6.99. The van der Waals surface area contributed by atoms with Gasteiger partial charge in [0.15, 0.2) is 0 Å². The molecule has 0 spiro atoms. The van der Waals surface area contributed by atoms with Gasteiger partial charge >= 0.3 is 0 Å². The minimum absolute atomic E-state index is 0.261. The van der Waals surface area contributed by atoms with Crippen molar-refractivity contribution in [2.24, 2.45) is 5.73 Å². The molecular weight excluding hydrogens is 284 g/mol. The van der Waals surface area contributed by atoms with Crippen molar-refractivity contribution in [3.63, 3.8) is 0 Å². The second-order valence-electron chi connectivity index (χ2n) is 5.17. The maximum Gasteiger partial charge on any atom is 0.248 e. The van der Waals surface area contributed by atoms with Gasteiger partial charge in [0.2, 0.25) is 5.91 Å². The summed E-state index contributed by atoms with van der Waals surface area (Å²) in [5.41, 5.74) is 8.02. The number of anilines is 1. The van der Waals surface area contributed by atoms with Crippen LogP contribution in [0.3, 0.4) is 0 Å². The van der Waals surface area contributed by atoms with E-state index in [-0.39, 0.29) is 6.04 Å². The molecule has 2 aromatic rings. The predicted octanol–water partition coefficient (Wildman–Crippen LogP) is 3.35. The standard InChI is InChI=1S/C16H18N2O2S/c1-20-14-6-5-10(16(17)19)9-13(14)18-12-3-2-4-15-11(12)7-8-21-15/h5-9,12,18H,2-4H2,1H3,(H2,17,19). The Morgan fingerprint density at radius 2 is 2.29 bits per heavy atom. The number of methoxy groups -OCH3 is 1. The van der Waals surface area contributed by atoms with Gasteiger partial charge in [-0.25, -0.2) is 0 Å². The van der Waals surface area contributed by atoms with E-state index < -0.39 is 5.91 Å². The van der Waals surface area contributed by atoms with Gasteiger partial charge in [-0.2, -0.15) is 0 Å². The molecule has 1 amide bonds. The SMILES string of the molecule is COc1ccc(C(N)=O)cc1NC1CCCc2sccc21. The van der Waals surface area contributed by atoms with Crippen molar-refractivity contribution in [2.45, 2.75) is 25.3 Å². The molecule has 1 aliphatic carbocycles. The van der Waals surface area contributed by atoms with Gasteiger partial charge in [-0.15, -0.1) is 11.3 Å². The monoisotopic (exact) mass is 302 g/mol. The first-order chi connectivity index (χ1) is 10.2. The number of rotatable bonds is 4. The molecule has 1 unspecified atom stereocenters. The molecule has 0 bridgehead atoms. The number of amides is 1. The molecule has 1 aromatic carbocycles. The fraction of sp³-hybridized carbons (Fsp3) is 0.312. The quantitative estimate of drug-likeness (QED) is 0.910. The molecule has 21 heavy (non-hydrogen) atoms. The van der Waals surface area contributed by atoms with E-state index in [0.717, 1.165) is 24.3 Å². The lowest BCUT2D eigenvalue weighted by molar-refractivity contribution is 0.100. The molecule has 4 nitrogen and oxygen atoms in total. The van der Waals surface area contributed by atoms with Crippen LogP contribution in [0.5, 0.6) is 5.75 Å². The largest absolute Gasteiger partial charge is 0.495 e. The van der Waals surface area contributed by atoms with Crippen LogP contribution in [0.2, 0.25) is 0 Å². The Balaban J connectivity index is 1.91. The first kappa shape index (κ1) is 13.9. The zero-order valence-corrected chi connectivity index (χ0v) is 12.7. The smallest absolute Gasteiger partial charge is 0.248 e. The number of nitrogens with one attached hydrogen (secondary N) is 1. The highest BCUT2D eigenvalue weighted by atomic mass is 32.1. The average Bonchev–Trinajstić information content (AvgIpc) is 2.96. The molecule has 0 radical (unpaired) electrons. The Bertz CT molecular complexity index is 666. The summed E-state index contributed by atoms with van der Waals surface area (Å²) < 4.78 is 5.38. The van der Waals surface area contributed by atoms with Crippen molar-refractivity contribution in [1.29, 1.82) is 0 Å². The highest BCUT2D eigenvalue weighted by molar-refractivity contribution is 7.10. The molecule has 1 aromatic heterocycles. The number of benzene rings is 1. The Hall–Kier alpha value is -2.01. The van der Waals surface area contributed by atoms with E-state index in [1.165, 1.54) is 16.9 Å². The highest BCUT2D eigenvalue weighted by Crippen LogP contribution is 2.37. The second-order valence-corrected chi connectivity index (χ2v) is 6.17. The Labute approximate surface area is 127 Å². The summed E-state index contributed by atoms with van der Waals surface area (Å²) in [7, 11) is 1.63. The second kappa shape index (κ2) is 5.77. The molecular formula is C16H18N2O2S. The summed E-state index contributed by atoms with van der Waals surface area (Å²) in [5, 5.41) is 5.65. The van der Waals surface area contributed by atoms with Crippen LogP contribution in [0.15, 0.2) is 29.6 Å². The van der Waals surface area contributed by atoms with Crippen LogP contribution in [0, 0.1) is 0 Å². The van der Waals surface area contributed by atoms with Crippen LogP contribution in [0.4, 0.5) is 5.69 Å².